The monoisotopic (exact) mass is 231 g/mol. The second-order valence-electron chi connectivity index (χ2n) is 4.72. The van der Waals surface area contributed by atoms with Crippen molar-refractivity contribution in [2.45, 2.75) is 45.6 Å². The Balaban J connectivity index is 2.18. The average molecular weight is 231 g/mol. The van der Waals surface area contributed by atoms with Crippen LogP contribution in [0.4, 0.5) is 0 Å². The largest absolute Gasteiger partial charge is 0.310 e. The van der Waals surface area contributed by atoms with Crippen LogP contribution in [0.25, 0.3) is 0 Å². The summed E-state index contributed by atoms with van der Waals surface area (Å²) in [5, 5.41) is 3.57. The fourth-order valence-electron chi connectivity index (χ4n) is 1.88. The summed E-state index contributed by atoms with van der Waals surface area (Å²) in [6, 6.07) is 9.24. The lowest BCUT2D eigenvalue weighted by molar-refractivity contribution is 0.539. The van der Waals surface area contributed by atoms with Crippen LogP contribution in [0.2, 0.25) is 0 Å². The molecule has 1 N–H and O–H groups in total. The van der Waals surface area contributed by atoms with Crippen LogP contribution in [-0.4, -0.2) is 6.54 Å². The number of rotatable bonds is 8. The second-order valence-corrected chi connectivity index (χ2v) is 4.72. The van der Waals surface area contributed by atoms with Gasteiger partial charge >= 0.3 is 0 Å². The molecule has 1 atom stereocenters. The highest BCUT2D eigenvalue weighted by atomic mass is 14.9. The predicted octanol–water partition coefficient (Wildman–Crippen LogP) is 4.39. The van der Waals surface area contributed by atoms with Crippen molar-refractivity contribution in [3.63, 3.8) is 0 Å². The van der Waals surface area contributed by atoms with Gasteiger partial charge in [0, 0.05) is 6.04 Å². The van der Waals surface area contributed by atoms with Crippen LogP contribution in [-0.2, 0) is 0 Å². The highest BCUT2D eigenvalue weighted by molar-refractivity contribution is 5.23. The molecule has 0 aliphatic heterocycles. The Kier molecular flexibility index (Phi) is 6.64. The van der Waals surface area contributed by atoms with Crippen molar-refractivity contribution < 1.29 is 0 Å². The lowest BCUT2D eigenvalue weighted by Crippen LogP contribution is -2.19. The topological polar surface area (TPSA) is 12.0 Å². The highest BCUT2D eigenvalue weighted by Gasteiger charge is 2.02. The maximum atomic E-state index is 3.74. The van der Waals surface area contributed by atoms with E-state index in [1.165, 1.54) is 30.4 Å². The Labute approximate surface area is 106 Å². The van der Waals surface area contributed by atoms with Crippen LogP contribution in [0.5, 0.6) is 0 Å². The molecule has 1 nitrogen and oxygen atoms in total. The minimum atomic E-state index is 0.454. The molecule has 94 valence electrons. The maximum Gasteiger partial charge on any atom is 0.0291 e. The van der Waals surface area contributed by atoms with Gasteiger partial charge in [-0.2, -0.15) is 0 Å². The first-order valence-electron chi connectivity index (χ1n) is 6.65. The van der Waals surface area contributed by atoms with Crippen molar-refractivity contribution in [3.8, 4) is 0 Å². The minimum absolute atomic E-state index is 0.454. The van der Waals surface area contributed by atoms with E-state index < -0.39 is 0 Å². The number of unbranched alkanes of at least 4 members (excludes halogenated alkanes) is 3. The van der Waals surface area contributed by atoms with Gasteiger partial charge in [0.25, 0.3) is 0 Å². The van der Waals surface area contributed by atoms with Gasteiger partial charge in [0.05, 0.1) is 0 Å². The molecule has 1 aromatic rings. The molecule has 1 heteroatoms. The molecule has 1 unspecified atom stereocenters. The van der Waals surface area contributed by atoms with Crippen LogP contribution >= 0.6 is 0 Å². The molecular weight excluding hydrogens is 206 g/mol. The molecule has 0 radical (unpaired) electrons. The summed E-state index contributed by atoms with van der Waals surface area (Å²) >= 11 is 0. The zero-order chi connectivity index (χ0) is 12.5. The predicted molar refractivity (Wildman–Crippen MR) is 76.3 cm³/mol. The molecule has 17 heavy (non-hydrogen) atoms. The van der Waals surface area contributed by atoms with E-state index in [9.17, 15) is 0 Å². The first kappa shape index (κ1) is 14.0. The fraction of sp³-hybridized carbons (Fsp3) is 0.500. The smallest absolute Gasteiger partial charge is 0.0291 e. The van der Waals surface area contributed by atoms with E-state index in [-0.39, 0.29) is 0 Å². The third-order valence-corrected chi connectivity index (χ3v) is 3.11. The average Bonchev–Trinajstić information content (AvgIpc) is 2.34. The third-order valence-electron chi connectivity index (χ3n) is 3.11. The summed E-state index contributed by atoms with van der Waals surface area (Å²) in [5.74, 6) is 0. The molecule has 0 aliphatic carbocycles. The fourth-order valence-corrected chi connectivity index (χ4v) is 1.88. The molecule has 0 amide bonds. The summed E-state index contributed by atoms with van der Waals surface area (Å²) < 4.78 is 0. The second kappa shape index (κ2) is 8.08. The van der Waals surface area contributed by atoms with E-state index in [4.69, 9.17) is 0 Å². The Morgan fingerprint density at radius 1 is 1.18 bits per heavy atom. The summed E-state index contributed by atoms with van der Waals surface area (Å²) in [7, 11) is 0. The van der Waals surface area contributed by atoms with Gasteiger partial charge in [-0.15, -0.1) is 6.58 Å². The Hall–Kier alpha value is -1.08. The highest BCUT2D eigenvalue weighted by Crippen LogP contribution is 2.13. The summed E-state index contributed by atoms with van der Waals surface area (Å²) in [6.07, 6.45) is 6.96. The Morgan fingerprint density at radius 3 is 2.53 bits per heavy atom. The number of hydrogen-bond acceptors (Lipinski definition) is 1. The van der Waals surface area contributed by atoms with Crippen molar-refractivity contribution in [1.29, 1.82) is 0 Å². The van der Waals surface area contributed by atoms with Gasteiger partial charge in [-0.3, -0.25) is 0 Å². The minimum Gasteiger partial charge on any atom is -0.310 e. The van der Waals surface area contributed by atoms with Crippen LogP contribution in [0, 0.1) is 6.92 Å². The zero-order valence-corrected chi connectivity index (χ0v) is 11.2. The van der Waals surface area contributed by atoms with Gasteiger partial charge in [-0.1, -0.05) is 42.3 Å². The molecule has 0 fully saturated rings. The van der Waals surface area contributed by atoms with Crippen molar-refractivity contribution in [2.24, 2.45) is 0 Å². The standard InChI is InChI=1S/C16H25N/c1-4-5-6-7-8-13-17-15(3)16-11-9-14(2)10-12-16/h4,9-12,15,17H,1,5-8,13H2,2-3H3. The molecule has 1 aromatic carbocycles. The SMILES string of the molecule is C=CCCCCCNC(C)c1ccc(C)cc1. The van der Waals surface area contributed by atoms with Crippen LogP contribution < -0.4 is 5.32 Å². The summed E-state index contributed by atoms with van der Waals surface area (Å²) in [6.45, 7) is 9.20. The first-order chi connectivity index (χ1) is 8.24. The van der Waals surface area contributed by atoms with Crippen molar-refractivity contribution in [1.82, 2.24) is 5.32 Å². The van der Waals surface area contributed by atoms with Gasteiger partial charge < -0.3 is 5.32 Å². The molecule has 1 rings (SSSR count). The van der Waals surface area contributed by atoms with Crippen molar-refractivity contribution in [2.75, 3.05) is 6.54 Å². The van der Waals surface area contributed by atoms with Crippen LogP contribution in [0.3, 0.4) is 0 Å². The van der Waals surface area contributed by atoms with Gasteiger partial charge in [0.1, 0.15) is 0 Å². The molecule has 0 saturated carbocycles. The number of benzene rings is 1. The molecule has 0 saturated heterocycles. The third kappa shape index (κ3) is 5.69. The summed E-state index contributed by atoms with van der Waals surface area (Å²) in [5.41, 5.74) is 2.70. The van der Waals surface area contributed by atoms with Crippen molar-refractivity contribution >= 4 is 0 Å². The van der Waals surface area contributed by atoms with Crippen LogP contribution in [0.1, 0.15) is 49.8 Å². The molecule has 0 aromatic heterocycles. The lowest BCUT2D eigenvalue weighted by atomic mass is 10.1. The van der Waals surface area contributed by atoms with Gasteiger partial charge in [-0.05, 0) is 45.2 Å². The Bertz CT molecular complexity index is 313. The van der Waals surface area contributed by atoms with E-state index in [1.807, 2.05) is 6.08 Å². The molecule has 0 bridgehead atoms. The van der Waals surface area contributed by atoms with Gasteiger partial charge in [0.15, 0.2) is 0 Å². The van der Waals surface area contributed by atoms with Gasteiger partial charge in [0.2, 0.25) is 0 Å². The zero-order valence-electron chi connectivity index (χ0n) is 11.2. The number of aryl methyl sites for hydroxylation is 1. The van der Waals surface area contributed by atoms with Gasteiger partial charge in [-0.25, -0.2) is 0 Å². The first-order valence-corrected chi connectivity index (χ1v) is 6.65. The van der Waals surface area contributed by atoms with E-state index in [0.29, 0.717) is 6.04 Å². The van der Waals surface area contributed by atoms with E-state index >= 15 is 0 Å². The summed E-state index contributed by atoms with van der Waals surface area (Å²) in [4.78, 5) is 0. The van der Waals surface area contributed by atoms with E-state index in [0.717, 1.165) is 13.0 Å². The van der Waals surface area contributed by atoms with Crippen molar-refractivity contribution in [3.05, 3.63) is 48.0 Å². The van der Waals surface area contributed by atoms with E-state index in [1.54, 1.807) is 0 Å². The van der Waals surface area contributed by atoms with E-state index in [2.05, 4.69) is 50.0 Å². The van der Waals surface area contributed by atoms with Crippen LogP contribution in [0.15, 0.2) is 36.9 Å². The quantitative estimate of drug-likeness (QED) is 0.517. The normalized spacial score (nSPS) is 12.4. The number of allylic oxidation sites excluding steroid dienone is 1. The molecule has 0 aliphatic rings. The number of hydrogen-bond donors (Lipinski definition) is 1. The molecular formula is C16H25N. The number of nitrogens with one attached hydrogen (secondary N) is 1. The molecule has 0 heterocycles. The molecule has 0 spiro atoms. The Morgan fingerprint density at radius 2 is 1.88 bits per heavy atom. The lowest BCUT2D eigenvalue weighted by Gasteiger charge is -2.14. The maximum absolute atomic E-state index is 3.74.